The Morgan fingerprint density at radius 2 is 1.65 bits per heavy atom. The lowest BCUT2D eigenvalue weighted by atomic mass is 10.1. The summed E-state index contributed by atoms with van der Waals surface area (Å²) in [6.45, 7) is 3.67. The van der Waals surface area contributed by atoms with Crippen molar-refractivity contribution in [2.24, 2.45) is 0 Å². The van der Waals surface area contributed by atoms with Crippen molar-refractivity contribution in [3.8, 4) is 0 Å². The number of benzene rings is 1. The molecule has 1 N–H and O–H groups in total. The fraction of sp³-hybridized carbons (Fsp3) is 0.286. The molecule has 3 rings (SSSR count). The molecule has 2 heterocycles. The lowest BCUT2D eigenvalue weighted by molar-refractivity contribution is 0.846. The van der Waals surface area contributed by atoms with E-state index in [2.05, 4.69) is 68.6 Å². The minimum Gasteiger partial charge on any atom is -0.370 e. The van der Waals surface area contributed by atoms with Crippen LogP contribution in [0, 0.1) is 6.92 Å². The van der Waals surface area contributed by atoms with Crippen molar-refractivity contribution in [2.75, 3.05) is 30.4 Å². The molecule has 0 aliphatic heterocycles. The first-order chi connectivity index (χ1) is 12.7. The van der Waals surface area contributed by atoms with E-state index >= 15 is 0 Å². The molecule has 0 radical (unpaired) electrons. The van der Waals surface area contributed by atoms with E-state index in [1.165, 1.54) is 11.1 Å². The number of likely N-dealkylation sites (N-methyl/N-ethyl adjacent to an activating group) is 1. The maximum atomic E-state index is 4.57. The first-order valence-electron chi connectivity index (χ1n) is 8.94. The second-order valence-corrected chi connectivity index (χ2v) is 6.35. The number of nitrogens with one attached hydrogen (secondary N) is 1. The number of rotatable bonds is 8. The number of hydrogen-bond acceptors (Lipinski definition) is 5. The Balaban J connectivity index is 1.57. The zero-order valence-corrected chi connectivity index (χ0v) is 15.4. The van der Waals surface area contributed by atoms with E-state index in [9.17, 15) is 0 Å². The lowest BCUT2D eigenvalue weighted by Gasteiger charge is -2.19. The summed E-state index contributed by atoms with van der Waals surface area (Å²) in [7, 11) is 2.07. The predicted molar refractivity (Wildman–Crippen MR) is 107 cm³/mol. The quantitative estimate of drug-likeness (QED) is 0.676. The van der Waals surface area contributed by atoms with Crippen LogP contribution < -0.4 is 10.2 Å². The van der Waals surface area contributed by atoms with Gasteiger partial charge in [-0.15, -0.1) is 0 Å². The van der Waals surface area contributed by atoms with Crippen LogP contribution in [0.1, 0.15) is 17.0 Å². The average Bonchev–Trinajstić information content (AvgIpc) is 2.67. The van der Waals surface area contributed by atoms with E-state index in [4.69, 9.17) is 0 Å². The van der Waals surface area contributed by atoms with Crippen LogP contribution >= 0.6 is 0 Å². The fourth-order valence-electron chi connectivity index (χ4n) is 2.78. The number of pyridine rings is 1. The van der Waals surface area contributed by atoms with Gasteiger partial charge in [0.25, 0.3) is 0 Å². The second kappa shape index (κ2) is 8.94. The minimum absolute atomic E-state index is 0.778. The topological polar surface area (TPSA) is 53.9 Å². The highest BCUT2D eigenvalue weighted by Crippen LogP contribution is 2.15. The number of aromatic nitrogens is 3. The molecule has 0 aliphatic rings. The summed E-state index contributed by atoms with van der Waals surface area (Å²) in [4.78, 5) is 15.3. The number of anilines is 2. The van der Waals surface area contributed by atoms with Crippen LogP contribution in [0.2, 0.25) is 0 Å². The summed E-state index contributed by atoms with van der Waals surface area (Å²) in [6.07, 6.45) is 5.59. The van der Waals surface area contributed by atoms with Crippen LogP contribution in [-0.2, 0) is 12.8 Å². The molecule has 0 amide bonds. The Morgan fingerprint density at radius 1 is 0.923 bits per heavy atom. The van der Waals surface area contributed by atoms with E-state index in [-0.39, 0.29) is 0 Å². The first-order valence-corrected chi connectivity index (χ1v) is 8.94. The van der Waals surface area contributed by atoms with E-state index < -0.39 is 0 Å². The SMILES string of the molecule is Cc1nc(NCCc2ccccc2)cc(N(C)CCc2ccncc2)n1. The lowest BCUT2D eigenvalue weighted by Crippen LogP contribution is -2.22. The molecule has 0 saturated carbocycles. The van der Waals surface area contributed by atoms with Crippen molar-refractivity contribution in [2.45, 2.75) is 19.8 Å². The third-order valence-corrected chi connectivity index (χ3v) is 4.26. The van der Waals surface area contributed by atoms with Crippen molar-refractivity contribution in [3.05, 3.63) is 77.9 Å². The van der Waals surface area contributed by atoms with Gasteiger partial charge in [-0.2, -0.15) is 0 Å². The smallest absolute Gasteiger partial charge is 0.134 e. The molecule has 0 atom stereocenters. The average molecular weight is 347 g/mol. The largest absolute Gasteiger partial charge is 0.370 e. The van der Waals surface area contributed by atoms with Crippen LogP contribution in [0.15, 0.2) is 60.9 Å². The molecule has 0 spiro atoms. The van der Waals surface area contributed by atoms with Crippen LogP contribution in [0.5, 0.6) is 0 Å². The van der Waals surface area contributed by atoms with Gasteiger partial charge in [0.2, 0.25) is 0 Å². The maximum absolute atomic E-state index is 4.57. The van der Waals surface area contributed by atoms with Crippen LogP contribution in [-0.4, -0.2) is 35.1 Å². The monoisotopic (exact) mass is 347 g/mol. The van der Waals surface area contributed by atoms with Gasteiger partial charge in [-0.25, -0.2) is 9.97 Å². The Bertz CT molecular complexity index is 805. The molecule has 5 heteroatoms. The van der Waals surface area contributed by atoms with Crippen LogP contribution in [0.3, 0.4) is 0 Å². The van der Waals surface area contributed by atoms with Crippen molar-refractivity contribution >= 4 is 11.6 Å². The van der Waals surface area contributed by atoms with E-state index in [1.807, 2.05) is 31.5 Å². The molecule has 2 aromatic heterocycles. The number of aryl methyl sites for hydroxylation is 1. The summed E-state index contributed by atoms with van der Waals surface area (Å²) in [5.74, 6) is 2.59. The molecule has 0 aliphatic carbocycles. The Morgan fingerprint density at radius 3 is 2.42 bits per heavy atom. The standard InChI is InChI=1S/C21H25N5/c1-17-24-20(23-14-10-18-6-4-3-5-7-18)16-21(25-17)26(2)15-11-19-8-12-22-13-9-19/h3-9,12-13,16H,10-11,14-15H2,1-2H3,(H,23,24,25). The molecular weight excluding hydrogens is 322 g/mol. The Kier molecular flexibility index (Phi) is 6.14. The zero-order chi connectivity index (χ0) is 18.2. The van der Waals surface area contributed by atoms with Gasteiger partial charge in [-0.1, -0.05) is 30.3 Å². The Hall–Kier alpha value is -2.95. The van der Waals surface area contributed by atoms with Gasteiger partial charge < -0.3 is 10.2 Å². The maximum Gasteiger partial charge on any atom is 0.134 e. The molecule has 134 valence electrons. The highest BCUT2D eigenvalue weighted by Gasteiger charge is 2.07. The van der Waals surface area contributed by atoms with Gasteiger partial charge in [-0.05, 0) is 43.0 Å². The molecule has 3 aromatic rings. The normalized spacial score (nSPS) is 10.5. The third-order valence-electron chi connectivity index (χ3n) is 4.26. The molecule has 5 nitrogen and oxygen atoms in total. The molecule has 0 fully saturated rings. The highest BCUT2D eigenvalue weighted by molar-refractivity contribution is 5.49. The molecular formula is C21H25N5. The van der Waals surface area contributed by atoms with Gasteiger partial charge in [0.15, 0.2) is 0 Å². The fourth-order valence-corrected chi connectivity index (χ4v) is 2.78. The van der Waals surface area contributed by atoms with Gasteiger partial charge in [0.1, 0.15) is 17.5 Å². The molecule has 26 heavy (non-hydrogen) atoms. The second-order valence-electron chi connectivity index (χ2n) is 6.35. The van der Waals surface area contributed by atoms with Gasteiger partial charge in [-0.3, -0.25) is 4.98 Å². The summed E-state index contributed by atoms with van der Waals surface area (Å²) in [5, 5.41) is 3.42. The summed E-state index contributed by atoms with van der Waals surface area (Å²) < 4.78 is 0. The number of nitrogens with zero attached hydrogens (tertiary/aromatic N) is 4. The molecule has 0 saturated heterocycles. The van der Waals surface area contributed by atoms with Crippen molar-refractivity contribution in [3.63, 3.8) is 0 Å². The van der Waals surface area contributed by atoms with Gasteiger partial charge in [0.05, 0.1) is 0 Å². The summed E-state index contributed by atoms with van der Waals surface area (Å²) >= 11 is 0. The van der Waals surface area contributed by atoms with Gasteiger partial charge >= 0.3 is 0 Å². The van der Waals surface area contributed by atoms with Gasteiger partial charge in [0, 0.05) is 38.6 Å². The van der Waals surface area contributed by atoms with Crippen LogP contribution in [0.4, 0.5) is 11.6 Å². The van der Waals surface area contributed by atoms with E-state index in [0.717, 1.165) is 43.4 Å². The summed E-state index contributed by atoms with van der Waals surface area (Å²) in [6, 6.07) is 16.6. The highest BCUT2D eigenvalue weighted by atomic mass is 15.2. The Labute approximate surface area is 155 Å². The van der Waals surface area contributed by atoms with Crippen molar-refractivity contribution in [1.29, 1.82) is 0 Å². The third kappa shape index (κ3) is 5.28. The zero-order valence-electron chi connectivity index (χ0n) is 15.4. The summed E-state index contributed by atoms with van der Waals surface area (Å²) in [5.41, 5.74) is 2.60. The predicted octanol–water partition coefficient (Wildman–Crippen LogP) is 3.51. The van der Waals surface area contributed by atoms with Crippen molar-refractivity contribution in [1.82, 2.24) is 15.0 Å². The van der Waals surface area contributed by atoms with E-state index in [0.29, 0.717) is 0 Å². The van der Waals surface area contributed by atoms with Crippen molar-refractivity contribution < 1.29 is 0 Å². The van der Waals surface area contributed by atoms with Crippen LogP contribution in [0.25, 0.3) is 0 Å². The van der Waals surface area contributed by atoms with E-state index in [1.54, 1.807) is 0 Å². The molecule has 1 aromatic carbocycles. The number of hydrogen-bond donors (Lipinski definition) is 1. The molecule has 0 bridgehead atoms. The molecule has 0 unspecified atom stereocenters. The minimum atomic E-state index is 0.778. The first kappa shape index (κ1) is 17.9.